The monoisotopic (exact) mass is 295 g/mol. The van der Waals surface area contributed by atoms with Gasteiger partial charge in [0.2, 0.25) is 0 Å². The predicted molar refractivity (Wildman–Crippen MR) is 86.1 cm³/mol. The van der Waals surface area contributed by atoms with E-state index >= 15 is 0 Å². The van der Waals surface area contributed by atoms with Crippen LogP contribution in [0, 0.1) is 0 Å². The van der Waals surface area contributed by atoms with Crippen LogP contribution in [0.5, 0.6) is 11.5 Å². The van der Waals surface area contributed by atoms with Crippen molar-refractivity contribution >= 4 is 11.8 Å². The number of ether oxygens (including phenoxy) is 2. The van der Waals surface area contributed by atoms with Crippen molar-refractivity contribution in [2.24, 2.45) is 0 Å². The van der Waals surface area contributed by atoms with E-state index in [0.717, 1.165) is 31.0 Å². The third kappa shape index (κ3) is 4.06. The number of benzene rings is 1. The van der Waals surface area contributed by atoms with Gasteiger partial charge in [0.15, 0.2) is 0 Å². The molecule has 0 amide bonds. The molecule has 0 bridgehead atoms. The normalized spacial score (nSPS) is 16.9. The van der Waals surface area contributed by atoms with E-state index in [4.69, 9.17) is 9.47 Å². The number of thioether (sulfide) groups is 1. The van der Waals surface area contributed by atoms with E-state index in [1.54, 1.807) is 0 Å². The molecule has 1 N–H and O–H groups in total. The van der Waals surface area contributed by atoms with Gasteiger partial charge in [-0.15, -0.1) is 0 Å². The van der Waals surface area contributed by atoms with Crippen LogP contribution < -0.4 is 14.8 Å². The first-order valence-electron chi connectivity index (χ1n) is 7.39. The maximum absolute atomic E-state index is 5.84. The molecule has 1 atom stereocenters. The van der Waals surface area contributed by atoms with Crippen LogP contribution in [0.3, 0.4) is 0 Å². The van der Waals surface area contributed by atoms with Crippen LogP contribution in [0.25, 0.3) is 0 Å². The standard InChI is InChI=1S/C16H25NO2S/c1-4-18-15-9-13-8-12(2)19-16(13)10-14(15)11-17-6-5-7-20-3/h9-10,12,17H,4-8,11H2,1-3H3. The van der Waals surface area contributed by atoms with Gasteiger partial charge in [0.25, 0.3) is 0 Å². The Balaban J connectivity index is 2.00. The van der Waals surface area contributed by atoms with Gasteiger partial charge < -0.3 is 14.8 Å². The van der Waals surface area contributed by atoms with E-state index in [1.165, 1.54) is 23.3 Å². The zero-order valence-electron chi connectivity index (χ0n) is 12.7. The molecule has 0 aliphatic carbocycles. The van der Waals surface area contributed by atoms with Gasteiger partial charge in [0.1, 0.15) is 17.6 Å². The molecular formula is C16H25NO2S. The average Bonchev–Trinajstić information content (AvgIpc) is 2.78. The van der Waals surface area contributed by atoms with Crippen LogP contribution in [0.2, 0.25) is 0 Å². The fraction of sp³-hybridized carbons (Fsp3) is 0.625. The van der Waals surface area contributed by atoms with Crippen LogP contribution in [0.4, 0.5) is 0 Å². The fourth-order valence-corrected chi connectivity index (χ4v) is 2.91. The first kappa shape index (κ1) is 15.5. The molecule has 4 heteroatoms. The quantitative estimate of drug-likeness (QED) is 0.746. The molecule has 1 aromatic carbocycles. The predicted octanol–water partition coefficient (Wildman–Crippen LogP) is 3.25. The van der Waals surface area contributed by atoms with Gasteiger partial charge in [-0.3, -0.25) is 0 Å². The Bertz CT molecular complexity index is 437. The Morgan fingerprint density at radius 1 is 1.45 bits per heavy atom. The molecule has 0 spiro atoms. The lowest BCUT2D eigenvalue weighted by molar-refractivity contribution is 0.254. The summed E-state index contributed by atoms with van der Waals surface area (Å²) in [5.74, 6) is 3.24. The topological polar surface area (TPSA) is 30.5 Å². The Morgan fingerprint density at radius 2 is 2.30 bits per heavy atom. The number of rotatable bonds is 8. The van der Waals surface area contributed by atoms with E-state index in [9.17, 15) is 0 Å². The largest absolute Gasteiger partial charge is 0.494 e. The van der Waals surface area contributed by atoms with Crippen molar-refractivity contribution in [2.45, 2.75) is 39.3 Å². The molecule has 0 radical (unpaired) electrons. The molecular weight excluding hydrogens is 270 g/mol. The van der Waals surface area contributed by atoms with Crippen LogP contribution in [0.1, 0.15) is 31.4 Å². The highest BCUT2D eigenvalue weighted by Gasteiger charge is 2.21. The molecule has 1 heterocycles. The summed E-state index contributed by atoms with van der Waals surface area (Å²) in [5.41, 5.74) is 2.47. The van der Waals surface area contributed by atoms with Crippen molar-refractivity contribution in [2.75, 3.05) is 25.2 Å². The van der Waals surface area contributed by atoms with Crippen LogP contribution in [0.15, 0.2) is 12.1 Å². The first-order valence-corrected chi connectivity index (χ1v) is 8.79. The summed E-state index contributed by atoms with van der Waals surface area (Å²) in [6.07, 6.45) is 4.61. The second kappa shape index (κ2) is 7.79. The fourth-order valence-electron chi connectivity index (χ4n) is 2.47. The molecule has 1 aliphatic rings. The van der Waals surface area contributed by atoms with Gasteiger partial charge >= 0.3 is 0 Å². The minimum absolute atomic E-state index is 0.282. The van der Waals surface area contributed by atoms with Gasteiger partial charge in [-0.2, -0.15) is 11.8 Å². The van der Waals surface area contributed by atoms with Crippen molar-refractivity contribution in [3.63, 3.8) is 0 Å². The van der Waals surface area contributed by atoms with Crippen molar-refractivity contribution < 1.29 is 9.47 Å². The van der Waals surface area contributed by atoms with Crippen LogP contribution >= 0.6 is 11.8 Å². The second-order valence-corrected chi connectivity index (χ2v) is 6.14. The maximum Gasteiger partial charge on any atom is 0.124 e. The van der Waals surface area contributed by atoms with Crippen molar-refractivity contribution in [1.82, 2.24) is 5.32 Å². The highest BCUT2D eigenvalue weighted by Crippen LogP contribution is 2.35. The lowest BCUT2D eigenvalue weighted by Gasteiger charge is -2.13. The number of hydrogen-bond donors (Lipinski definition) is 1. The van der Waals surface area contributed by atoms with Gasteiger partial charge in [0.05, 0.1) is 6.61 Å². The van der Waals surface area contributed by atoms with Crippen molar-refractivity contribution in [3.05, 3.63) is 23.3 Å². The molecule has 0 saturated heterocycles. The van der Waals surface area contributed by atoms with Gasteiger partial charge in [-0.05, 0) is 51.0 Å². The minimum atomic E-state index is 0.282. The van der Waals surface area contributed by atoms with Crippen LogP contribution in [-0.4, -0.2) is 31.3 Å². The van der Waals surface area contributed by atoms with E-state index in [-0.39, 0.29) is 6.10 Å². The van der Waals surface area contributed by atoms with Gasteiger partial charge in [-0.25, -0.2) is 0 Å². The molecule has 112 valence electrons. The summed E-state index contributed by atoms with van der Waals surface area (Å²) < 4.78 is 11.6. The van der Waals surface area contributed by atoms with Gasteiger partial charge in [-0.1, -0.05) is 0 Å². The Labute approximate surface area is 126 Å². The number of hydrogen-bond acceptors (Lipinski definition) is 4. The first-order chi connectivity index (χ1) is 9.74. The SMILES string of the molecule is CCOc1cc2c(cc1CNCCCSC)OC(C)C2. The summed E-state index contributed by atoms with van der Waals surface area (Å²) >= 11 is 1.89. The van der Waals surface area contributed by atoms with Crippen molar-refractivity contribution in [3.8, 4) is 11.5 Å². The Kier molecular flexibility index (Phi) is 6.05. The maximum atomic E-state index is 5.84. The average molecular weight is 295 g/mol. The summed E-state index contributed by atoms with van der Waals surface area (Å²) in [4.78, 5) is 0. The zero-order chi connectivity index (χ0) is 14.4. The second-order valence-electron chi connectivity index (χ2n) is 5.16. The summed E-state index contributed by atoms with van der Waals surface area (Å²) in [6, 6.07) is 4.30. The van der Waals surface area contributed by atoms with Crippen molar-refractivity contribution in [1.29, 1.82) is 0 Å². The van der Waals surface area contributed by atoms with E-state index in [0.29, 0.717) is 6.61 Å². The number of nitrogens with one attached hydrogen (secondary N) is 1. The van der Waals surface area contributed by atoms with E-state index < -0.39 is 0 Å². The van der Waals surface area contributed by atoms with Crippen LogP contribution in [-0.2, 0) is 13.0 Å². The smallest absolute Gasteiger partial charge is 0.124 e. The van der Waals surface area contributed by atoms with E-state index in [1.807, 2.05) is 18.7 Å². The minimum Gasteiger partial charge on any atom is -0.494 e. The molecule has 2 rings (SSSR count). The number of fused-ring (bicyclic) bond motifs is 1. The lowest BCUT2D eigenvalue weighted by Crippen LogP contribution is -2.16. The third-order valence-electron chi connectivity index (χ3n) is 3.40. The molecule has 1 unspecified atom stereocenters. The van der Waals surface area contributed by atoms with E-state index in [2.05, 4.69) is 30.6 Å². The molecule has 1 aromatic rings. The molecule has 20 heavy (non-hydrogen) atoms. The molecule has 0 saturated carbocycles. The van der Waals surface area contributed by atoms with Gasteiger partial charge in [0, 0.05) is 24.1 Å². The molecule has 1 aliphatic heterocycles. The highest BCUT2D eigenvalue weighted by molar-refractivity contribution is 7.98. The summed E-state index contributed by atoms with van der Waals surface area (Å²) in [7, 11) is 0. The molecule has 0 fully saturated rings. The zero-order valence-corrected chi connectivity index (χ0v) is 13.5. The molecule has 3 nitrogen and oxygen atoms in total. The third-order valence-corrected chi connectivity index (χ3v) is 4.09. The summed E-state index contributed by atoms with van der Waals surface area (Å²) in [6.45, 7) is 6.73. The highest BCUT2D eigenvalue weighted by atomic mass is 32.2. The summed E-state index contributed by atoms with van der Waals surface area (Å²) in [5, 5.41) is 3.49. The molecule has 0 aromatic heterocycles. The lowest BCUT2D eigenvalue weighted by atomic mass is 10.1. The Morgan fingerprint density at radius 3 is 3.05 bits per heavy atom. The Hall–Kier alpha value is -0.870.